The van der Waals surface area contributed by atoms with E-state index in [1.807, 2.05) is 12.1 Å². The lowest BCUT2D eigenvalue weighted by Gasteiger charge is -2.34. The van der Waals surface area contributed by atoms with Crippen molar-refractivity contribution >= 4 is 17.3 Å². The van der Waals surface area contributed by atoms with E-state index in [1.54, 1.807) is 21.3 Å². The average Bonchev–Trinajstić information content (AvgIpc) is 2.79. The Hall–Kier alpha value is -2.51. The number of benzene rings is 2. The molecule has 0 bridgehead atoms. The van der Waals surface area contributed by atoms with Gasteiger partial charge in [0, 0.05) is 6.54 Å². The number of nitrogens with one attached hydrogen (secondary N) is 2. The second kappa shape index (κ2) is 11.0. The second-order valence-electron chi connectivity index (χ2n) is 7.37. The van der Waals surface area contributed by atoms with Crippen LogP contribution in [-0.4, -0.2) is 64.1 Å². The standard InChI is InChI=1S/C23H31N3O3S/c1-27-20-10-9-19(21(28-2)22(20)29-3)17-25-13-15-26(16-14-25)23(30)24-12-11-18-7-5-4-6-8-18/h4-10H,11-17H2,1-3H3,(H,24,30)/p+1. The lowest BCUT2D eigenvalue weighted by molar-refractivity contribution is -0.917. The molecule has 0 unspecified atom stereocenters. The highest BCUT2D eigenvalue weighted by Gasteiger charge is 2.24. The van der Waals surface area contributed by atoms with Gasteiger partial charge in [0.2, 0.25) is 5.75 Å². The predicted octanol–water partition coefficient (Wildman–Crippen LogP) is 1.53. The molecular weight excluding hydrogens is 398 g/mol. The Kier molecular flexibility index (Phi) is 8.16. The van der Waals surface area contributed by atoms with Gasteiger partial charge in [-0.15, -0.1) is 0 Å². The first kappa shape index (κ1) is 22.2. The zero-order valence-corrected chi connectivity index (χ0v) is 18.9. The first-order valence-electron chi connectivity index (χ1n) is 10.3. The van der Waals surface area contributed by atoms with E-state index in [4.69, 9.17) is 26.4 Å². The summed E-state index contributed by atoms with van der Waals surface area (Å²) in [7, 11) is 4.95. The van der Waals surface area contributed by atoms with Crippen LogP contribution in [0.1, 0.15) is 11.1 Å². The zero-order valence-electron chi connectivity index (χ0n) is 18.1. The molecule has 1 fully saturated rings. The lowest BCUT2D eigenvalue weighted by Crippen LogP contribution is -3.13. The van der Waals surface area contributed by atoms with Crippen LogP contribution in [0, 0.1) is 0 Å². The van der Waals surface area contributed by atoms with Gasteiger partial charge in [0.15, 0.2) is 16.6 Å². The Morgan fingerprint density at radius 1 is 0.967 bits per heavy atom. The van der Waals surface area contributed by atoms with Gasteiger partial charge in [0.1, 0.15) is 6.54 Å². The minimum atomic E-state index is 0.652. The van der Waals surface area contributed by atoms with Gasteiger partial charge in [0.05, 0.1) is 53.1 Å². The van der Waals surface area contributed by atoms with Crippen LogP contribution in [0.2, 0.25) is 0 Å². The van der Waals surface area contributed by atoms with Crippen molar-refractivity contribution in [2.24, 2.45) is 0 Å². The fourth-order valence-electron chi connectivity index (χ4n) is 3.84. The number of piperazine rings is 1. The molecular formula is C23H32N3O3S+. The number of rotatable bonds is 8. The monoisotopic (exact) mass is 430 g/mol. The maximum absolute atomic E-state index is 5.63. The van der Waals surface area contributed by atoms with Gasteiger partial charge in [-0.1, -0.05) is 30.3 Å². The lowest BCUT2D eigenvalue weighted by atomic mass is 10.1. The molecule has 0 radical (unpaired) electrons. The molecule has 2 aromatic rings. The van der Waals surface area contributed by atoms with Gasteiger partial charge >= 0.3 is 0 Å². The summed E-state index contributed by atoms with van der Waals surface area (Å²) in [6, 6.07) is 14.5. The van der Waals surface area contributed by atoms with Crippen LogP contribution < -0.4 is 24.4 Å². The number of thiocarbonyl (C=S) groups is 1. The molecule has 0 atom stereocenters. The van der Waals surface area contributed by atoms with E-state index in [1.165, 1.54) is 10.5 Å². The van der Waals surface area contributed by atoms with Gasteiger partial charge in [0.25, 0.3) is 0 Å². The Balaban J connectivity index is 1.49. The third-order valence-electron chi connectivity index (χ3n) is 5.52. The number of methoxy groups -OCH3 is 3. The van der Waals surface area contributed by atoms with Crippen LogP contribution in [0.5, 0.6) is 17.2 Å². The molecule has 7 heteroatoms. The fourth-order valence-corrected chi connectivity index (χ4v) is 4.13. The molecule has 0 spiro atoms. The van der Waals surface area contributed by atoms with Crippen LogP contribution in [-0.2, 0) is 13.0 Å². The molecule has 1 aliphatic heterocycles. The SMILES string of the molecule is COc1ccc(C[NH+]2CCN(C(=S)NCCc3ccccc3)CC2)c(OC)c1OC. The second-order valence-corrected chi connectivity index (χ2v) is 7.76. The van der Waals surface area contributed by atoms with Gasteiger partial charge in [-0.25, -0.2) is 0 Å². The van der Waals surface area contributed by atoms with E-state index in [9.17, 15) is 0 Å². The topological polar surface area (TPSA) is 47.4 Å². The van der Waals surface area contributed by atoms with Crippen LogP contribution in [0.15, 0.2) is 42.5 Å². The van der Waals surface area contributed by atoms with Crippen molar-refractivity contribution in [2.75, 3.05) is 54.1 Å². The van der Waals surface area contributed by atoms with Crippen molar-refractivity contribution in [3.8, 4) is 17.2 Å². The largest absolute Gasteiger partial charge is 0.493 e. The van der Waals surface area contributed by atoms with Crippen LogP contribution >= 0.6 is 12.2 Å². The highest BCUT2D eigenvalue weighted by molar-refractivity contribution is 7.80. The number of quaternary nitrogens is 1. The number of nitrogens with zero attached hydrogens (tertiary/aromatic N) is 1. The molecule has 0 aromatic heterocycles. The fraction of sp³-hybridized carbons (Fsp3) is 0.435. The number of hydrogen-bond donors (Lipinski definition) is 2. The van der Waals surface area contributed by atoms with Gasteiger partial charge in [-0.2, -0.15) is 0 Å². The molecule has 1 heterocycles. The average molecular weight is 431 g/mol. The minimum Gasteiger partial charge on any atom is -0.493 e. The van der Waals surface area contributed by atoms with E-state index < -0.39 is 0 Å². The highest BCUT2D eigenvalue weighted by Crippen LogP contribution is 2.39. The first-order valence-corrected chi connectivity index (χ1v) is 10.7. The Bertz CT molecular complexity index is 824. The molecule has 30 heavy (non-hydrogen) atoms. The molecule has 6 nitrogen and oxygen atoms in total. The normalized spacial score (nSPS) is 14.3. The van der Waals surface area contributed by atoms with Crippen molar-refractivity contribution in [1.29, 1.82) is 0 Å². The molecule has 162 valence electrons. The van der Waals surface area contributed by atoms with E-state index in [2.05, 4.69) is 40.5 Å². The Morgan fingerprint density at radius 2 is 1.67 bits per heavy atom. The molecule has 0 amide bonds. The quantitative estimate of drug-likeness (QED) is 0.620. The summed E-state index contributed by atoms with van der Waals surface area (Å²) in [4.78, 5) is 3.78. The van der Waals surface area contributed by atoms with Crippen molar-refractivity contribution < 1.29 is 19.1 Å². The molecule has 1 saturated heterocycles. The summed E-state index contributed by atoms with van der Waals surface area (Å²) in [5, 5.41) is 4.26. The van der Waals surface area contributed by atoms with E-state index in [-0.39, 0.29) is 0 Å². The van der Waals surface area contributed by atoms with Crippen molar-refractivity contribution in [3.05, 3.63) is 53.6 Å². The summed E-state index contributed by atoms with van der Waals surface area (Å²) in [6.07, 6.45) is 0.977. The maximum Gasteiger partial charge on any atom is 0.203 e. The Labute approximate surface area is 184 Å². The van der Waals surface area contributed by atoms with E-state index in [0.717, 1.165) is 62.1 Å². The smallest absolute Gasteiger partial charge is 0.203 e. The van der Waals surface area contributed by atoms with Crippen molar-refractivity contribution in [1.82, 2.24) is 10.2 Å². The summed E-state index contributed by atoms with van der Waals surface area (Å²) >= 11 is 5.61. The number of hydrogen-bond acceptors (Lipinski definition) is 4. The molecule has 2 aromatic carbocycles. The minimum absolute atomic E-state index is 0.652. The van der Waals surface area contributed by atoms with Gasteiger partial charge in [-0.05, 0) is 36.3 Å². The van der Waals surface area contributed by atoms with Crippen LogP contribution in [0.3, 0.4) is 0 Å². The van der Waals surface area contributed by atoms with Gasteiger partial charge < -0.3 is 29.3 Å². The molecule has 3 rings (SSSR count). The molecule has 0 saturated carbocycles. The molecule has 0 aliphatic carbocycles. The Morgan fingerprint density at radius 3 is 2.30 bits per heavy atom. The summed E-state index contributed by atoms with van der Waals surface area (Å²) in [5.74, 6) is 2.09. The summed E-state index contributed by atoms with van der Waals surface area (Å²) in [5.41, 5.74) is 2.45. The van der Waals surface area contributed by atoms with E-state index in [0.29, 0.717) is 11.5 Å². The van der Waals surface area contributed by atoms with Crippen LogP contribution in [0.25, 0.3) is 0 Å². The summed E-state index contributed by atoms with van der Waals surface area (Å²) < 4.78 is 16.5. The third-order valence-corrected chi connectivity index (χ3v) is 5.92. The van der Waals surface area contributed by atoms with Gasteiger partial charge in [-0.3, -0.25) is 0 Å². The van der Waals surface area contributed by atoms with Crippen LogP contribution in [0.4, 0.5) is 0 Å². The highest BCUT2D eigenvalue weighted by atomic mass is 32.1. The molecule has 1 aliphatic rings. The predicted molar refractivity (Wildman–Crippen MR) is 123 cm³/mol. The maximum atomic E-state index is 5.63. The zero-order chi connectivity index (χ0) is 21.3. The molecule has 2 N–H and O–H groups in total. The summed E-state index contributed by atoms with van der Waals surface area (Å²) in [6.45, 7) is 5.69. The van der Waals surface area contributed by atoms with Crippen molar-refractivity contribution in [2.45, 2.75) is 13.0 Å². The third kappa shape index (κ3) is 5.55. The first-order chi connectivity index (χ1) is 14.7. The number of ether oxygens (including phenoxy) is 3. The van der Waals surface area contributed by atoms with Crippen molar-refractivity contribution in [3.63, 3.8) is 0 Å². The van der Waals surface area contributed by atoms with E-state index >= 15 is 0 Å².